The summed E-state index contributed by atoms with van der Waals surface area (Å²) in [6.07, 6.45) is 3.07. The smallest absolute Gasteiger partial charge is 0.250 e. The van der Waals surface area contributed by atoms with Gasteiger partial charge >= 0.3 is 0 Å². The van der Waals surface area contributed by atoms with E-state index in [1.807, 2.05) is 84.9 Å². The van der Waals surface area contributed by atoms with Crippen molar-refractivity contribution in [3.63, 3.8) is 0 Å². The van der Waals surface area contributed by atoms with Gasteiger partial charge in [-0.15, -0.1) is 5.10 Å². The highest BCUT2D eigenvalue weighted by Gasteiger charge is 2.27. The Hall–Kier alpha value is -3.90. The number of nitrogens with one attached hydrogen (secondary N) is 2. The summed E-state index contributed by atoms with van der Waals surface area (Å²) in [6.45, 7) is 0. The second-order valence-electron chi connectivity index (χ2n) is 7.78. The van der Waals surface area contributed by atoms with Gasteiger partial charge in [-0.05, 0) is 35.3 Å². The van der Waals surface area contributed by atoms with Crippen molar-refractivity contribution in [2.75, 3.05) is 10.6 Å². The third-order valence-electron chi connectivity index (χ3n) is 5.51. The van der Waals surface area contributed by atoms with Gasteiger partial charge in [0, 0.05) is 17.1 Å². The van der Waals surface area contributed by atoms with E-state index in [2.05, 4.69) is 26.8 Å². The summed E-state index contributed by atoms with van der Waals surface area (Å²) >= 11 is 6.53. The van der Waals surface area contributed by atoms with Crippen LogP contribution in [0.25, 0.3) is 5.70 Å². The van der Waals surface area contributed by atoms with Gasteiger partial charge in [0.05, 0.1) is 0 Å². The van der Waals surface area contributed by atoms with Crippen LogP contribution in [-0.4, -0.2) is 20.7 Å². The summed E-state index contributed by atoms with van der Waals surface area (Å²) in [6, 6.07) is 27.3. The molecule has 1 aliphatic rings. The Bertz CT molecular complexity index is 1300. The number of carbonyl (C=O) groups excluding carboxylic acids is 1. The zero-order chi connectivity index (χ0) is 22.6. The maximum absolute atomic E-state index is 12.5. The van der Waals surface area contributed by atoms with Crippen LogP contribution in [0.5, 0.6) is 0 Å². The normalized spacial score (nSPS) is 14.7. The van der Waals surface area contributed by atoms with E-state index in [1.54, 1.807) is 4.68 Å². The van der Waals surface area contributed by atoms with Crippen LogP contribution in [0, 0.1) is 0 Å². The molecule has 2 N–H and O–H groups in total. The van der Waals surface area contributed by atoms with Crippen LogP contribution >= 0.6 is 11.6 Å². The first-order valence-corrected chi connectivity index (χ1v) is 11.1. The quantitative estimate of drug-likeness (QED) is 0.399. The lowest BCUT2D eigenvalue weighted by Crippen LogP contribution is -2.20. The van der Waals surface area contributed by atoms with Gasteiger partial charge < -0.3 is 5.32 Å². The molecule has 1 amide bonds. The number of halogens is 1. The first-order valence-electron chi connectivity index (χ1n) is 10.8. The monoisotopic (exact) mass is 455 g/mol. The van der Waals surface area contributed by atoms with Gasteiger partial charge in [0.1, 0.15) is 6.04 Å². The number of aromatic nitrogens is 3. The van der Waals surface area contributed by atoms with Crippen molar-refractivity contribution in [1.29, 1.82) is 0 Å². The van der Waals surface area contributed by atoms with Gasteiger partial charge in [-0.3, -0.25) is 10.1 Å². The SMILES string of the molecule is O=C(CCc1ccccc1)Nc1nc2n(n1)[C@@H](c1ccccc1Cl)C=C(c1ccccc1)N2. The number of allylic oxidation sites excluding steroid dienone is 1. The van der Waals surface area contributed by atoms with Crippen LogP contribution in [0.3, 0.4) is 0 Å². The van der Waals surface area contributed by atoms with E-state index in [0.29, 0.717) is 23.8 Å². The van der Waals surface area contributed by atoms with Crippen LogP contribution < -0.4 is 10.6 Å². The summed E-state index contributed by atoms with van der Waals surface area (Å²) in [4.78, 5) is 17.1. The second-order valence-corrected chi connectivity index (χ2v) is 8.18. The zero-order valence-corrected chi connectivity index (χ0v) is 18.5. The van der Waals surface area contributed by atoms with E-state index in [1.165, 1.54) is 0 Å². The van der Waals surface area contributed by atoms with Gasteiger partial charge in [-0.1, -0.05) is 90.5 Å². The molecule has 1 aliphatic heterocycles. The minimum absolute atomic E-state index is 0.132. The third kappa shape index (κ3) is 4.66. The number of aryl methyl sites for hydroxylation is 1. The molecule has 0 unspecified atom stereocenters. The predicted octanol–water partition coefficient (Wildman–Crippen LogP) is 5.56. The molecule has 0 saturated heterocycles. The molecule has 0 bridgehead atoms. The number of rotatable bonds is 6. The highest BCUT2D eigenvalue weighted by Crippen LogP contribution is 2.35. The first-order chi connectivity index (χ1) is 16.2. The molecule has 0 aliphatic carbocycles. The van der Waals surface area contributed by atoms with Gasteiger partial charge in [0.25, 0.3) is 5.95 Å². The Kier molecular flexibility index (Phi) is 5.91. The maximum Gasteiger partial charge on any atom is 0.250 e. The molecular formula is C26H22ClN5O. The minimum atomic E-state index is -0.271. The Morgan fingerprint density at radius 1 is 0.970 bits per heavy atom. The summed E-state index contributed by atoms with van der Waals surface area (Å²) in [5, 5.41) is 11.4. The molecule has 33 heavy (non-hydrogen) atoms. The van der Waals surface area contributed by atoms with Crippen LogP contribution in [-0.2, 0) is 11.2 Å². The van der Waals surface area contributed by atoms with E-state index in [0.717, 1.165) is 22.4 Å². The molecule has 2 heterocycles. The summed E-state index contributed by atoms with van der Waals surface area (Å²) < 4.78 is 1.75. The number of fused-ring (bicyclic) bond motifs is 1. The topological polar surface area (TPSA) is 71.8 Å². The fourth-order valence-corrected chi connectivity index (χ4v) is 4.11. The van der Waals surface area contributed by atoms with E-state index in [9.17, 15) is 4.79 Å². The molecule has 1 aromatic heterocycles. The van der Waals surface area contributed by atoms with Gasteiger partial charge in [-0.25, -0.2) is 4.68 Å². The van der Waals surface area contributed by atoms with Crippen LogP contribution in [0.2, 0.25) is 5.02 Å². The van der Waals surface area contributed by atoms with Crippen molar-refractivity contribution in [3.8, 4) is 0 Å². The molecule has 5 rings (SSSR count). The highest BCUT2D eigenvalue weighted by atomic mass is 35.5. The Morgan fingerprint density at radius 2 is 1.67 bits per heavy atom. The van der Waals surface area contributed by atoms with Gasteiger partial charge in [0.2, 0.25) is 11.9 Å². The summed E-state index contributed by atoms with van der Waals surface area (Å²) in [5.41, 5.74) is 3.95. The highest BCUT2D eigenvalue weighted by molar-refractivity contribution is 6.31. The number of hydrogen-bond acceptors (Lipinski definition) is 4. The Labute approximate surface area is 196 Å². The number of hydrogen-bond donors (Lipinski definition) is 2. The standard InChI is InChI=1S/C26H22ClN5O/c27-21-14-8-7-13-20(21)23-17-22(19-11-5-2-6-12-19)28-26-30-25(31-32(23)26)29-24(33)16-15-18-9-3-1-4-10-18/h1-14,17,23H,15-16H2,(H2,28,29,30,31,33)/t23-/m1/s1. The molecule has 0 spiro atoms. The average Bonchev–Trinajstić information content (AvgIpc) is 3.26. The fourth-order valence-electron chi connectivity index (χ4n) is 3.86. The number of benzene rings is 3. The number of amides is 1. The minimum Gasteiger partial charge on any atom is -0.324 e. The van der Waals surface area contributed by atoms with E-state index in [-0.39, 0.29) is 17.9 Å². The lowest BCUT2D eigenvalue weighted by molar-refractivity contribution is -0.116. The molecule has 0 fully saturated rings. The molecule has 7 heteroatoms. The molecule has 3 aromatic carbocycles. The van der Waals surface area contributed by atoms with Gasteiger partial charge in [-0.2, -0.15) is 4.98 Å². The lowest BCUT2D eigenvalue weighted by Gasteiger charge is -2.24. The Morgan fingerprint density at radius 3 is 2.42 bits per heavy atom. The number of anilines is 2. The molecule has 6 nitrogen and oxygen atoms in total. The van der Waals surface area contributed by atoms with Crippen molar-refractivity contribution in [3.05, 3.63) is 113 Å². The number of carbonyl (C=O) groups is 1. The lowest BCUT2D eigenvalue weighted by atomic mass is 10.0. The molecule has 164 valence electrons. The van der Waals surface area contributed by atoms with Crippen molar-refractivity contribution in [2.45, 2.75) is 18.9 Å². The van der Waals surface area contributed by atoms with Gasteiger partial charge in [0.15, 0.2) is 0 Å². The van der Waals surface area contributed by atoms with Crippen LogP contribution in [0.15, 0.2) is 91.0 Å². The average molecular weight is 456 g/mol. The third-order valence-corrected chi connectivity index (χ3v) is 5.85. The molecule has 1 atom stereocenters. The van der Waals surface area contributed by atoms with E-state index < -0.39 is 0 Å². The summed E-state index contributed by atoms with van der Waals surface area (Å²) in [5.74, 6) is 0.669. The van der Waals surface area contributed by atoms with Crippen molar-refractivity contribution < 1.29 is 4.79 Å². The van der Waals surface area contributed by atoms with E-state index >= 15 is 0 Å². The molecule has 0 saturated carbocycles. The van der Waals surface area contributed by atoms with E-state index in [4.69, 9.17) is 11.6 Å². The van der Waals surface area contributed by atoms with Crippen molar-refractivity contribution in [1.82, 2.24) is 14.8 Å². The van der Waals surface area contributed by atoms with Crippen molar-refractivity contribution in [2.24, 2.45) is 0 Å². The van der Waals surface area contributed by atoms with Crippen LogP contribution in [0.1, 0.15) is 29.2 Å². The molecule has 4 aromatic rings. The molecule has 0 radical (unpaired) electrons. The second kappa shape index (κ2) is 9.30. The summed E-state index contributed by atoms with van der Waals surface area (Å²) in [7, 11) is 0. The number of nitrogens with zero attached hydrogens (tertiary/aromatic N) is 3. The Balaban J connectivity index is 1.41. The maximum atomic E-state index is 12.5. The first kappa shape index (κ1) is 21.0. The van der Waals surface area contributed by atoms with Crippen molar-refractivity contribution >= 4 is 35.1 Å². The molecular weight excluding hydrogens is 434 g/mol. The predicted molar refractivity (Wildman–Crippen MR) is 131 cm³/mol. The zero-order valence-electron chi connectivity index (χ0n) is 17.8. The van der Waals surface area contributed by atoms with Crippen LogP contribution in [0.4, 0.5) is 11.9 Å². The fraction of sp³-hybridized carbons (Fsp3) is 0.115. The largest absolute Gasteiger partial charge is 0.324 e.